The quantitative estimate of drug-likeness (QED) is 0.778. The number of methoxy groups -OCH3 is 1. The summed E-state index contributed by atoms with van der Waals surface area (Å²) in [5.41, 5.74) is 5.57. The second-order valence-corrected chi connectivity index (χ2v) is 5.95. The van der Waals surface area contributed by atoms with Gasteiger partial charge in [-0.1, -0.05) is 0 Å². The van der Waals surface area contributed by atoms with Crippen molar-refractivity contribution in [2.45, 2.75) is 0 Å². The van der Waals surface area contributed by atoms with Crippen LogP contribution in [0.4, 0.5) is 5.95 Å². The Kier molecular flexibility index (Phi) is 5.70. The number of anilines is 1. The van der Waals surface area contributed by atoms with Gasteiger partial charge in [-0.2, -0.15) is 0 Å². The van der Waals surface area contributed by atoms with Gasteiger partial charge in [0.15, 0.2) is 18.1 Å². The lowest BCUT2D eigenvalue weighted by molar-refractivity contribution is -0.119. The minimum Gasteiger partial charge on any atom is -0.493 e. The summed E-state index contributed by atoms with van der Waals surface area (Å²) in [6.45, 7) is 2.20. The van der Waals surface area contributed by atoms with Crippen LogP contribution in [0, 0.1) is 0 Å². The van der Waals surface area contributed by atoms with Crippen molar-refractivity contribution >= 4 is 17.8 Å². The van der Waals surface area contributed by atoms with Crippen LogP contribution in [0.25, 0.3) is 0 Å². The Labute approximate surface area is 156 Å². The van der Waals surface area contributed by atoms with Crippen molar-refractivity contribution in [1.82, 2.24) is 14.9 Å². The van der Waals surface area contributed by atoms with Crippen molar-refractivity contribution in [2.75, 3.05) is 44.8 Å². The summed E-state index contributed by atoms with van der Waals surface area (Å²) in [7, 11) is 1.47. The van der Waals surface area contributed by atoms with Gasteiger partial charge in [0, 0.05) is 44.1 Å². The van der Waals surface area contributed by atoms with Gasteiger partial charge in [0.1, 0.15) is 0 Å². The Hall–Kier alpha value is -3.36. The average Bonchev–Trinajstić information content (AvgIpc) is 2.72. The van der Waals surface area contributed by atoms with Crippen molar-refractivity contribution in [1.29, 1.82) is 0 Å². The van der Waals surface area contributed by atoms with Crippen LogP contribution in [-0.2, 0) is 4.79 Å². The van der Waals surface area contributed by atoms with Crippen LogP contribution >= 0.6 is 0 Å². The van der Waals surface area contributed by atoms with Crippen molar-refractivity contribution in [2.24, 2.45) is 5.73 Å². The normalized spacial score (nSPS) is 14.0. The molecule has 3 rings (SSSR count). The van der Waals surface area contributed by atoms with Crippen molar-refractivity contribution in [3.63, 3.8) is 0 Å². The third kappa shape index (κ3) is 4.43. The number of nitrogens with two attached hydrogens (primary N) is 1. The standard InChI is InChI=1S/C18H21N5O4/c1-26-15-11-13(3-4-14(15)27-12-16(19)24)17(25)22-7-9-23(10-8-22)18-20-5-2-6-21-18/h2-6,11H,7-10,12H2,1H3,(H2,19,24). The minimum atomic E-state index is -0.586. The predicted molar refractivity (Wildman–Crippen MR) is 97.8 cm³/mol. The molecular formula is C18H21N5O4. The number of ether oxygens (including phenoxy) is 2. The summed E-state index contributed by atoms with van der Waals surface area (Å²) in [6, 6.07) is 6.62. The predicted octanol–water partition coefficient (Wildman–Crippen LogP) is 0.312. The maximum atomic E-state index is 12.8. The lowest BCUT2D eigenvalue weighted by Gasteiger charge is -2.34. The summed E-state index contributed by atoms with van der Waals surface area (Å²) in [4.78, 5) is 36.0. The molecule has 0 bridgehead atoms. The van der Waals surface area contributed by atoms with Gasteiger partial charge in [0.25, 0.3) is 11.8 Å². The highest BCUT2D eigenvalue weighted by Gasteiger charge is 2.24. The van der Waals surface area contributed by atoms with E-state index >= 15 is 0 Å². The van der Waals surface area contributed by atoms with Gasteiger partial charge in [0.05, 0.1) is 7.11 Å². The fraction of sp³-hybridized carbons (Fsp3) is 0.333. The number of carbonyl (C=O) groups is 2. The first-order valence-corrected chi connectivity index (χ1v) is 8.49. The highest BCUT2D eigenvalue weighted by atomic mass is 16.5. The second-order valence-electron chi connectivity index (χ2n) is 5.95. The van der Waals surface area contributed by atoms with Gasteiger partial charge in [-0.15, -0.1) is 0 Å². The van der Waals surface area contributed by atoms with Gasteiger partial charge in [-0.05, 0) is 24.3 Å². The molecule has 1 aromatic heterocycles. The number of hydrogen-bond donors (Lipinski definition) is 1. The number of nitrogens with zero attached hydrogens (tertiary/aromatic N) is 4. The summed E-state index contributed by atoms with van der Waals surface area (Å²) in [6.07, 6.45) is 3.40. The molecule has 0 aliphatic carbocycles. The Morgan fingerprint density at radius 1 is 1.11 bits per heavy atom. The third-order valence-electron chi connectivity index (χ3n) is 4.18. The molecule has 2 N–H and O–H groups in total. The van der Waals surface area contributed by atoms with Crippen molar-refractivity contribution < 1.29 is 19.1 Å². The molecule has 142 valence electrons. The first-order valence-electron chi connectivity index (χ1n) is 8.49. The molecule has 1 aliphatic heterocycles. The third-order valence-corrected chi connectivity index (χ3v) is 4.18. The van der Waals surface area contributed by atoms with Gasteiger partial charge in [-0.3, -0.25) is 9.59 Å². The molecule has 1 aromatic carbocycles. The molecule has 9 heteroatoms. The lowest BCUT2D eigenvalue weighted by Crippen LogP contribution is -2.49. The van der Waals surface area contributed by atoms with Crippen molar-refractivity contribution in [3.05, 3.63) is 42.2 Å². The Bertz CT molecular complexity index is 807. The van der Waals surface area contributed by atoms with E-state index in [2.05, 4.69) is 9.97 Å². The van der Waals surface area contributed by atoms with E-state index < -0.39 is 5.91 Å². The molecular weight excluding hydrogens is 350 g/mol. The molecule has 2 aromatic rings. The van der Waals surface area contributed by atoms with E-state index in [0.717, 1.165) is 0 Å². The molecule has 27 heavy (non-hydrogen) atoms. The Morgan fingerprint density at radius 2 is 1.81 bits per heavy atom. The lowest BCUT2D eigenvalue weighted by atomic mass is 10.1. The summed E-state index contributed by atoms with van der Waals surface area (Å²) in [5.74, 6) is 0.723. The van der Waals surface area contributed by atoms with E-state index in [0.29, 0.717) is 49.2 Å². The van der Waals surface area contributed by atoms with E-state index in [1.165, 1.54) is 7.11 Å². The van der Waals surface area contributed by atoms with E-state index in [4.69, 9.17) is 15.2 Å². The van der Waals surface area contributed by atoms with Crippen LogP contribution in [-0.4, -0.2) is 66.6 Å². The summed E-state index contributed by atoms with van der Waals surface area (Å²) in [5, 5.41) is 0. The molecule has 0 spiro atoms. The zero-order chi connectivity index (χ0) is 19.2. The van der Waals surface area contributed by atoms with Gasteiger partial charge in [0.2, 0.25) is 5.95 Å². The molecule has 1 aliphatic rings. The van der Waals surface area contributed by atoms with Gasteiger partial charge < -0.3 is 25.0 Å². The zero-order valence-corrected chi connectivity index (χ0v) is 15.0. The van der Waals surface area contributed by atoms with Gasteiger partial charge >= 0.3 is 0 Å². The van der Waals surface area contributed by atoms with Crippen LogP contribution < -0.4 is 20.1 Å². The molecule has 2 heterocycles. The number of amides is 2. The fourth-order valence-electron chi connectivity index (χ4n) is 2.82. The van der Waals surface area contributed by atoms with Crippen molar-refractivity contribution in [3.8, 4) is 11.5 Å². The number of carbonyl (C=O) groups excluding carboxylic acids is 2. The Morgan fingerprint density at radius 3 is 2.44 bits per heavy atom. The molecule has 0 radical (unpaired) electrons. The summed E-state index contributed by atoms with van der Waals surface area (Å²) >= 11 is 0. The van der Waals surface area contributed by atoms with Crippen LogP contribution in [0.5, 0.6) is 11.5 Å². The monoisotopic (exact) mass is 371 g/mol. The molecule has 2 amide bonds. The number of aromatic nitrogens is 2. The summed E-state index contributed by atoms with van der Waals surface area (Å²) < 4.78 is 10.5. The highest BCUT2D eigenvalue weighted by molar-refractivity contribution is 5.95. The van der Waals surface area contributed by atoms with E-state index in [1.54, 1.807) is 41.6 Å². The second kappa shape index (κ2) is 8.35. The van der Waals surface area contributed by atoms with Crippen LogP contribution in [0.3, 0.4) is 0 Å². The molecule has 0 saturated carbocycles. The zero-order valence-electron chi connectivity index (χ0n) is 15.0. The number of hydrogen-bond acceptors (Lipinski definition) is 7. The largest absolute Gasteiger partial charge is 0.493 e. The van der Waals surface area contributed by atoms with E-state index in [9.17, 15) is 9.59 Å². The SMILES string of the molecule is COc1cc(C(=O)N2CCN(c3ncccn3)CC2)ccc1OCC(N)=O. The molecule has 1 fully saturated rings. The molecule has 9 nitrogen and oxygen atoms in total. The minimum absolute atomic E-state index is 0.0941. The average molecular weight is 371 g/mol. The number of benzene rings is 1. The van der Waals surface area contributed by atoms with Crippen LogP contribution in [0.2, 0.25) is 0 Å². The molecule has 0 unspecified atom stereocenters. The molecule has 1 saturated heterocycles. The Balaban J connectivity index is 1.65. The molecule has 0 atom stereocenters. The highest BCUT2D eigenvalue weighted by Crippen LogP contribution is 2.28. The maximum Gasteiger partial charge on any atom is 0.255 e. The number of primary amides is 1. The number of rotatable bonds is 6. The van der Waals surface area contributed by atoms with E-state index in [1.807, 2.05) is 4.90 Å². The van der Waals surface area contributed by atoms with Crippen LogP contribution in [0.15, 0.2) is 36.7 Å². The maximum absolute atomic E-state index is 12.8. The first-order chi connectivity index (χ1) is 13.1. The van der Waals surface area contributed by atoms with Gasteiger partial charge in [-0.25, -0.2) is 9.97 Å². The first kappa shape index (κ1) is 18.4. The topological polar surface area (TPSA) is 111 Å². The smallest absolute Gasteiger partial charge is 0.255 e. The van der Waals surface area contributed by atoms with Crippen LogP contribution in [0.1, 0.15) is 10.4 Å². The van der Waals surface area contributed by atoms with E-state index in [-0.39, 0.29) is 12.5 Å². The number of piperazine rings is 1. The fourth-order valence-corrected chi connectivity index (χ4v) is 2.82.